The molecule has 0 unspecified atom stereocenters. The molecule has 5 bridgehead atoms. The molecular weight excluding hydrogens is 813 g/mol. The number of nitrogens with one attached hydrogen (secondary N) is 1. The lowest BCUT2D eigenvalue weighted by Crippen LogP contribution is -2.47. The fourth-order valence-corrected chi connectivity index (χ4v) is 9.24. The summed E-state index contributed by atoms with van der Waals surface area (Å²) >= 11 is 0. The van der Waals surface area contributed by atoms with Crippen LogP contribution in [0.2, 0.25) is 0 Å². The molecule has 0 aromatic heterocycles. The number of nitrogens with zero attached hydrogens (tertiary/aromatic N) is 3. The second-order valence-corrected chi connectivity index (χ2v) is 17.4. The molecule has 4 heterocycles. The van der Waals surface area contributed by atoms with Crippen molar-refractivity contribution in [3.05, 3.63) is 65.0 Å². The summed E-state index contributed by atoms with van der Waals surface area (Å²) in [6.45, 7) is 17.4. The van der Waals surface area contributed by atoms with Crippen molar-refractivity contribution in [3.63, 3.8) is 0 Å². The molecule has 16 nitrogen and oxygen atoms in total. The molecule has 0 spiro atoms. The summed E-state index contributed by atoms with van der Waals surface area (Å²) in [5.41, 5.74) is -0.154. The summed E-state index contributed by atoms with van der Waals surface area (Å²) in [6, 6.07) is 0.549. The summed E-state index contributed by atoms with van der Waals surface area (Å²) in [6.07, 6.45) is 9.04. The number of fused-ring (bicyclic) bond motifs is 14. The number of benzene rings is 2. The van der Waals surface area contributed by atoms with Crippen molar-refractivity contribution >= 4 is 40.3 Å². The van der Waals surface area contributed by atoms with E-state index in [-0.39, 0.29) is 50.0 Å². The molecule has 0 radical (unpaired) electrons. The number of piperazine rings is 1. The number of hydrogen-bond acceptors (Lipinski definition) is 15. The van der Waals surface area contributed by atoms with Gasteiger partial charge in [0.25, 0.3) is 11.7 Å². The number of ether oxygens (including phenoxy) is 4. The third kappa shape index (κ3) is 9.31. The number of hydrogen-bond donors (Lipinski definition) is 6. The maximum absolute atomic E-state index is 14.5. The number of rotatable bonds is 5. The molecule has 5 aliphatic rings. The Labute approximate surface area is 368 Å². The van der Waals surface area contributed by atoms with E-state index in [2.05, 4.69) is 21.9 Å². The number of ketones is 1. The van der Waals surface area contributed by atoms with Crippen LogP contribution in [0, 0.1) is 24.7 Å². The third-order valence-corrected chi connectivity index (χ3v) is 13.2. The molecule has 342 valence electrons. The highest BCUT2D eigenvalue weighted by atomic mass is 16.7. The van der Waals surface area contributed by atoms with Gasteiger partial charge in [0.05, 0.1) is 53.0 Å². The van der Waals surface area contributed by atoms with E-state index in [0.29, 0.717) is 19.1 Å². The van der Waals surface area contributed by atoms with E-state index < -0.39 is 82.9 Å². The van der Waals surface area contributed by atoms with E-state index in [0.717, 1.165) is 13.1 Å². The zero-order valence-electron chi connectivity index (χ0n) is 37.4. The Morgan fingerprint density at radius 1 is 0.984 bits per heavy atom. The van der Waals surface area contributed by atoms with Gasteiger partial charge in [0, 0.05) is 87.5 Å². The van der Waals surface area contributed by atoms with Gasteiger partial charge >= 0.3 is 11.8 Å². The lowest BCUT2D eigenvalue weighted by atomic mass is 9.79. The monoisotopic (exact) mass is 874 g/mol. The van der Waals surface area contributed by atoms with E-state index >= 15 is 0 Å². The minimum absolute atomic E-state index is 0.0548. The van der Waals surface area contributed by atoms with E-state index in [4.69, 9.17) is 18.9 Å². The third-order valence-electron chi connectivity index (χ3n) is 13.2. The predicted octanol–water partition coefficient (Wildman–Crippen LogP) is 5.57. The van der Waals surface area contributed by atoms with Gasteiger partial charge in [-0.1, -0.05) is 58.4 Å². The van der Waals surface area contributed by atoms with Crippen molar-refractivity contribution < 1.29 is 58.9 Å². The number of carbonyl (C=O) groups excluding carboxylic acids is 3. The Morgan fingerprint density at radius 3 is 2.29 bits per heavy atom. The predicted molar refractivity (Wildman–Crippen MR) is 237 cm³/mol. The van der Waals surface area contributed by atoms with Crippen molar-refractivity contribution in [2.24, 2.45) is 22.9 Å². The van der Waals surface area contributed by atoms with Crippen molar-refractivity contribution in [2.45, 2.75) is 110 Å². The summed E-state index contributed by atoms with van der Waals surface area (Å²) < 4.78 is 23.7. The summed E-state index contributed by atoms with van der Waals surface area (Å²) in [5, 5.41) is 67.3. The molecule has 16 heteroatoms. The van der Waals surface area contributed by atoms with Crippen LogP contribution in [0.5, 0.6) is 23.0 Å². The quantitative estimate of drug-likeness (QED) is 0.0937. The normalized spacial score (nSPS) is 31.2. The van der Waals surface area contributed by atoms with Crippen molar-refractivity contribution in [1.82, 2.24) is 9.91 Å². The SMILES string of the molecule is C=C1/C=C/C=C(/C)C(=O)Nc2c(/C=N/N3CCN(C4CCCC4)CC3)c(O)c3c4c(c(C)c(O)c3c2O)O[C@](C)(O/C=C/[C@H](OC)[C@@H](C)[C@@H](OC(C)=O)[C@H](C)[C@H](O)[C@H](C)[C@H]1O)C4=O. The number of aliphatic hydroxyl groups excluding tert-OH is 2. The van der Waals surface area contributed by atoms with E-state index in [1.807, 2.05) is 5.01 Å². The number of methoxy groups -OCH3 is 1. The lowest BCUT2D eigenvalue weighted by Gasteiger charge is -2.37. The van der Waals surface area contributed by atoms with Gasteiger partial charge in [-0.05, 0) is 38.3 Å². The number of allylic oxidation sites excluding steroid dienone is 2. The molecule has 2 fully saturated rings. The number of anilines is 1. The average molecular weight is 875 g/mol. The fraction of sp³-hybridized carbons (Fsp3) is 0.532. The Bertz CT molecular complexity index is 2240. The Kier molecular flexibility index (Phi) is 14.3. The molecule has 7 rings (SSSR count). The molecule has 2 aromatic rings. The number of phenols is 3. The van der Waals surface area contributed by atoms with Crippen LogP contribution >= 0.6 is 0 Å². The van der Waals surface area contributed by atoms with Gasteiger partial charge in [-0.25, -0.2) is 0 Å². The van der Waals surface area contributed by atoms with Gasteiger partial charge < -0.3 is 49.8 Å². The molecule has 1 amide bonds. The van der Waals surface area contributed by atoms with Crippen LogP contribution in [-0.4, -0.2) is 129 Å². The van der Waals surface area contributed by atoms with Crippen LogP contribution in [0.1, 0.15) is 88.7 Å². The van der Waals surface area contributed by atoms with Gasteiger partial charge in [0.2, 0.25) is 0 Å². The number of phenolic OH excluding ortho intramolecular Hbond substituents is 3. The van der Waals surface area contributed by atoms with Crippen LogP contribution < -0.4 is 10.1 Å². The van der Waals surface area contributed by atoms with Gasteiger partial charge in [0.15, 0.2) is 5.75 Å². The first-order valence-electron chi connectivity index (χ1n) is 21.6. The zero-order chi connectivity index (χ0) is 46.1. The Morgan fingerprint density at radius 2 is 1.65 bits per heavy atom. The Balaban J connectivity index is 1.47. The topological polar surface area (TPSA) is 220 Å². The summed E-state index contributed by atoms with van der Waals surface area (Å²) in [7, 11) is 1.43. The average Bonchev–Trinajstić information content (AvgIpc) is 3.89. The highest BCUT2D eigenvalue weighted by Gasteiger charge is 2.50. The first-order valence-corrected chi connectivity index (χ1v) is 21.6. The van der Waals surface area contributed by atoms with E-state index in [1.165, 1.54) is 97.3 Å². The first-order chi connectivity index (χ1) is 29.8. The molecule has 1 saturated carbocycles. The number of hydrazone groups is 1. The second kappa shape index (κ2) is 19.1. The molecular formula is C47H62N4O12. The molecule has 6 N–H and O–H groups in total. The van der Waals surface area contributed by atoms with Gasteiger partial charge in [-0.2, -0.15) is 5.10 Å². The number of aromatic hydroxyl groups is 3. The van der Waals surface area contributed by atoms with Gasteiger partial charge in [0.1, 0.15) is 23.4 Å². The molecule has 2 aromatic carbocycles. The van der Waals surface area contributed by atoms with Crippen LogP contribution in [0.25, 0.3) is 10.8 Å². The lowest BCUT2D eigenvalue weighted by molar-refractivity contribution is -0.160. The molecule has 1 aliphatic carbocycles. The fourth-order valence-electron chi connectivity index (χ4n) is 9.24. The van der Waals surface area contributed by atoms with Crippen molar-refractivity contribution in [1.29, 1.82) is 0 Å². The van der Waals surface area contributed by atoms with E-state index in [9.17, 15) is 39.9 Å². The minimum atomic E-state index is -2.05. The minimum Gasteiger partial charge on any atom is -0.507 e. The van der Waals surface area contributed by atoms with Crippen LogP contribution in [0.4, 0.5) is 5.69 Å². The molecule has 1 saturated heterocycles. The highest BCUT2D eigenvalue weighted by Crippen LogP contribution is 2.55. The van der Waals surface area contributed by atoms with E-state index in [1.54, 1.807) is 20.8 Å². The maximum atomic E-state index is 14.5. The van der Waals surface area contributed by atoms with Crippen LogP contribution in [0.3, 0.4) is 0 Å². The van der Waals surface area contributed by atoms with Crippen molar-refractivity contribution in [3.8, 4) is 23.0 Å². The number of aliphatic hydroxyl groups is 2. The van der Waals surface area contributed by atoms with Crippen LogP contribution in [-0.2, 0) is 23.8 Å². The number of amides is 1. The first kappa shape index (κ1) is 47.1. The maximum Gasteiger partial charge on any atom is 0.312 e. The molecule has 4 aliphatic heterocycles. The molecule has 8 atom stereocenters. The van der Waals surface area contributed by atoms with Gasteiger partial charge in [-0.15, -0.1) is 0 Å². The smallest absolute Gasteiger partial charge is 0.312 e. The zero-order valence-corrected chi connectivity index (χ0v) is 37.4. The number of esters is 1. The standard InChI is InChI=1S/C47H62N4O12/c1-24-13-12-14-25(2)46(59)49-37-32(23-48-51-20-18-50(19-21-51)31-15-10-11-16-31)41(56)34-35(42(37)57)40(55)29(6)44-36(34)45(58)47(8,63-44)61-22-17-33(60-9)26(3)43(62-30(7)52)28(5)39(54)27(4)38(24)53/h12-14,17,22-23,26-28,31,33,38-39,43,53-57H,1,10-11,15-16,18-21H2,2-9H3,(H,49,59)/b13-12+,22-17+,25-14-,48-23+/t26-,27-,28-,33+,38+,39-,43-,47+/m1/s1. The summed E-state index contributed by atoms with van der Waals surface area (Å²) in [4.78, 5) is 43.2. The highest BCUT2D eigenvalue weighted by molar-refractivity contribution is 6.23. The summed E-state index contributed by atoms with van der Waals surface area (Å²) in [5.74, 6) is -8.05. The molecule has 63 heavy (non-hydrogen) atoms. The number of Topliss-reactive ketones (excluding diaryl/α,β-unsaturated/α-hetero) is 1. The van der Waals surface area contributed by atoms with Crippen molar-refractivity contribution in [2.75, 3.05) is 38.6 Å². The van der Waals surface area contributed by atoms with Crippen LogP contribution in [0.15, 0.2) is 53.4 Å². The Hall–Kier alpha value is -5.42. The number of carbonyl (C=O) groups is 3. The second-order valence-electron chi connectivity index (χ2n) is 17.4. The largest absolute Gasteiger partial charge is 0.507 e. The van der Waals surface area contributed by atoms with Gasteiger partial charge in [-0.3, -0.25) is 24.3 Å².